The first kappa shape index (κ1) is 15.6. The van der Waals surface area contributed by atoms with Crippen molar-refractivity contribution in [2.24, 2.45) is 5.92 Å². The third-order valence-electron chi connectivity index (χ3n) is 5.56. The van der Waals surface area contributed by atoms with Crippen LogP contribution in [0.1, 0.15) is 38.5 Å². The van der Waals surface area contributed by atoms with Crippen LogP contribution in [0.25, 0.3) is 11.5 Å². The van der Waals surface area contributed by atoms with Crippen LogP contribution in [-0.2, 0) is 6.67 Å². The van der Waals surface area contributed by atoms with Crippen LogP contribution < -0.4 is 10.7 Å². The van der Waals surface area contributed by atoms with Gasteiger partial charge in [-0.15, -0.1) is 9.78 Å². The van der Waals surface area contributed by atoms with Gasteiger partial charge in [-0.1, -0.05) is 6.42 Å². The van der Waals surface area contributed by atoms with Crippen LogP contribution in [0.5, 0.6) is 0 Å². The molecule has 1 saturated heterocycles. The van der Waals surface area contributed by atoms with Crippen LogP contribution in [-0.4, -0.2) is 22.4 Å². The van der Waals surface area contributed by atoms with Gasteiger partial charge in [0.2, 0.25) is 5.89 Å². The summed E-state index contributed by atoms with van der Waals surface area (Å²) in [5.74, 6) is 0.305. The molecule has 1 aromatic carbocycles. The Morgan fingerprint density at radius 3 is 2.75 bits per heavy atom. The fraction of sp³-hybridized carbons (Fsp3) is 0.556. The number of rotatable bonds is 3. The third kappa shape index (κ3) is 3.02. The van der Waals surface area contributed by atoms with Crippen LogP contribution in [0.15, 0.2) is 33.5 Å². The minimum absolute atomic E-state index is 0.261. The zero-order valence-corrected chi connectivity index (χ0v) is 13.7. The van der Waals surface area contributed by atoms with Gasteiger partial charge >= 0.3 is 5.76 Å². The number of nitrogens with one attached hydrogen (secondary N) is 1. The maximum Gasteiger partial charge on any atom is 0.442 e. The van der Waals surface area contributed by atoms with Crippen molar-refractivity contribution in [1.29, 1.82) is 0 Å². The van der Waals surface area contributed by atoms with Crippen LogP contribution >= 0.6 is 0 Å². The molecule has 2 heterocycles. The van der Waals surface area contributed by atoms with E-state index < -0.39 is 5.76 Å². The number of hydrogen-bond donors (Lipinski definition) is 1. The van der Waals surface area contributed by atoms with Crippen LogP contribution in [0.4, 0.5) is 4.39 Å². The van der Waals surface area contributed by atoms with Gasteiger partial charge in [-0.05, 0) is 56.4 Å². The van der Waals surface area contributed by atoms with Crippen molar-refractivity contribution >= 4 is 0 Å². The maximum atomic E-state index is 13.0. The predicted molar refractivity (Wildman–Crippen MR) is 87.0 cm³/mol. The summed E-state index contributed by atoms with van der Waals surface area (Å²) in [5, 5.41) is 4.34. The second-order valence-electron chi connectivity index (χ2n) is 7.04. The minimum atomic E-state index is -0.431. The first-order chi connectivity index (χ1) is 11.7. The molecule has 5 nitrogen and oxygen atoms in total. The molecule has 0 bridgehead atoms. The fourth-order valence-electron chi connectivity index (χ4n) is 4.37. The van der Waals surface area contributed by atoms with Gasteiger partial charge in [-0.25, -0.2) is 9.18 Å². The van der Waals surface area contributed by atoms with E-state index in [2.05, 4.69) is 5.10 Å². The van der Waals surface area contributed by atoms with Gasteiger partial charge in [0.15, 0.2) is 6.67 Å². The van der Waals surface area contributed by atoms with Gasteiger partial charge < -0.3 is 9.32 Å². The van der Waals surface area contributed by atoms with Crippen molar-refractivity contribution in [1.82, 2.24) is 9.78 Å². The number of benzene rings is 1. The minimum Gasteiger partial charge on any atom is -0.387 e. The summed E-state index contributed by atoms with van der Waals surface area (Å²) in [4.78, 5) is 13.6. The highest BCUT2D eigenvalue weighted by atomic mass is 19.1. The lowest BCUT2D eigenvalue weighted by Crippen LogP contribution is -3.17. The Morgan fingerprint density at radius 1 is 1.17 bits per heavy atom. The molecule has 1 aromatic heterocycles. The highest BCUT2D eigenvalue weighted by molar-refractivity contribution is 5.51. The van der Waals surface area contributed by atoms with E-state index in [-0.39, 0.29) is 11.7 Å². The summed E-state index contributed by atoms with van der Waals surface area (Å²) in [7, 11) is 0. The number of quaternary nitrogens is 1. The largest absolute Gasteiger partial charge is 0.442 e. The third-order valence-corrected chi connectivity index (χ3v) is 5.56. The molecule has 2 fully saturated rings. The molecular weight excluding hydrogens is 309 g/mol. The van der Waals surface area contributed by atoms with Crippen LogP contribution in [0.2, 0.25) is 0 Å². The standard InChI is InChI=1S/C18H22FN3O2/c19-15-9-7-14(8-10-15)17-20-22(18(23)24-17)12-21-11-3-5-13-4-1-2-6-16(13)21/h7-10,13,16H,1-6,11-12H2/p+1/t13-,16-/m0/s1. The smallest absolute Gasteiger partial charge is 0.387 e. The molecule has 2 aromatic rings. The lowest BCUT2D eigenvalue weighted by atomic mass is 9.78. The first-order valence-corrected chi connectivity index (χ1v) is 8.89. The van der Waals surface area contributed by atoms with Crippen molar-refractivity contribution in [3.8, 4) is 11.5 Å². The normalized spacial score (nSPS) is 27.0. The van der Waals surface area contributed by atoms with E-state index in [1.807, 2.05) is 0 Å². The van der Waals surface area contributed by atoms with Crippen LogP contribution in [0, 0.1) is 11.7 Å². The number of likely N-dealkylation sites (tertiary alicyclic amines) is 1. The fourth-order valence-corrected chi connectivity index (χ4v) is 4.37. The first-order valence-electron chi connectivity index (χ1n) is 8.89. The zero-order chi connectivity index (χ0) is 16.5. The van der Waals surface area contributed by atoms with Crippen molar-refractivity contribution in [3.05, 3.63) is 40.6 Å². The Labute approximate surface area is 140 Å². The van der Waals surface area contributed by atoms with Crippen molar-refractivity contribution in [2.75, 3.05) is 6.54 Å². The predicted octanol–water partition coefficient (Wildman–Crippen LogP) is 1.84. The summed E-state index contributed by atoms with van der Waals surface area (Å²) in [5.41, 5.74) is 0.622. The molecule has 0 spiro atoms. The van der Waals surface area contributed by atoms with E-state index in [4.69, 9.17) is 4.42 Å². The van der Waals surface area contributed by atoms with Gasteiger partial charge in [0.05, 0.1) is 12.6 Å². The number of hydrogen-bond acceptors (Lipinski definition) is 3. The molecule has 1 unspecified atom stereocenters. The van der Waals surface area contributed by atoms with E-state index >= 15 is 0 Å². The molecule has 0 amide bonds. The summed E-state index contributed by atoms with van der Waals surface area (Å²) in [6, 6.07) is 6.49. The van der Waals surface area contributed by atoms with Gasteiger partial charge in [-0.2, -0.15) is 0 Å². The van der Waals surface area contributed by atoms with E-state index in [0.717, 1.165) is 12.5 Å². The van der Waals surface area contributed by atoms with Crippen molar-refractivity contribution in [3.63, 3.8) is 0 Å². The molecule has 1 N–H and O–H groups in total. The molecule has 1 aliphatic carbocycles. The number of nitrogens with zero attached hydrogens (tertiary/aromatic N) is 2. The molecule has 0 radical (unpaired) electrons. The second-order valence-corrected chi connectivity index (χ2v) is 7.04. The molecule has 128 valence electrons. The molecule has 4 rings (SSSR count). The zero-order valence-electron chi connectivity index (χ0n) is 13.7. The number of piperidine rings is 1. The molecule has 1 saturated carbocycles. The van der Waals surface area contributed by atoms with Crippen molar-refractivity contribution < 1.29 is 13.7 Å². The average Bonchev–Trinajstić information content (AvgIpc) is 2.97. The lowest BCUT2D eigenvalue weighted by Gasteiger charge is -2.40. The molecule has 1 aliphatic heterocycles. The summed E-state index contributed by atoms with van der Waals surface area (Å²) in [6.45, 7) is 1.65. The Hall–Kier alpha value is -1.95. The van der Waals surface area contributed by atoms with E-state index in [0.29, 0.717) is 18.3 Å². The van der Waals surface area contributed by atoms with Gasteiger partial charge in [0.1, 0.15) is 5.82 Å². The number of fused-ring (bicyclic) bond motifs is 1. The van der Waals surface area contributed by atoms with Gasteiger partial charge in [0.25, 0.3) is 0 Å². The average molecular weight is 332 g/mol. The Bertz CT molecular complexity index is 750. The maximum absolute atomic E-state index is 13.0. The number of aromatic nitrogens is 2. The monoisotopic (exact) mass is 332 g/mol. The summed E-state index contributed by atoms with van der Waals surface area (Å²) < 4.78 is 19.7. The van der Waals surface area contributed by atoms with E-state index in [1.165, 1.54) is 60.2 Å². The Morgan fingerprint density at radius 2 is 1.92 bits per heavy atom. The van der Waals surface area contributed by atoms with E-state index in [9.17, 15) is 9.18 Å². The van der Waals surface area contributed by atoms with Crippen LogP contribution in [0.3, 0.4) is 0 Å². The topological polar surface area (TPSA) is 52.5 Å². The lowest BCUT2D eigenvalue weighted by molar-refractivity contribution is -0.958. The quantitative estimate of drug-likeness (QED) is 0.933. The SMILES string of the molecule is O=c1oc(-c2ccc(F)cc2)nn1C[NH+]1CCC[C@@H]2CCCC[C@@H]21. The molecular formula is C18H23FN3O2+. The highest BCUT2D eigenvalue weighted by Gasteiger charge is 2.37. The molecule has 2 aliphatic rings. The van der Waals surface area contributed by atoms with Gasteiger partial charge in [-0.3, -0.25) is 0 Å². The van der Waals surface area contributed by atoms with E-state index in [1.54, 1.807) is 12.1 Å². The number of halogens is 1. The highest BCUT2D eigenvalue weighted by Crippen LogP contribution is 2.28. The Kier molecular flexibility index (Phi) is 4.22. The summed E-state index contributed by atoms with van der Waals surface area (Å²) in [6.07, 6.45) is 7.74. The molecule has 6 heteroatoms. The second kappa shape index (κ2) is 6.51. The summed E-state index contributed by atoms with van der Waals surface area (Å²) >= 11 is 0. The Balaban J connectivity index is 1.54. The molecule has 24 heavy (non-hydrogen) atoms. The molecule has 3 atom stereocenters. The van der Waals surface area contributed by atoms with Gasteiger partial charge in [0, 0.05) is 11.5 Å². The van der Waals surface area contributed by atoms with Crippen molar-refractivity contribution in [2.45, 2.75) is 51.2 Å².